The third-order valence-corrected chi connectivity index (χ3v) is 4.62. The van der Waals surface area contributed by atoms with E-state index >= 15 is 0 Å². The third kappa shape index (κ3) is 3.27. The van der Waals surface area contributed by atoms with Crippen LogP contribution >= 0.6 is 0 Å². The number of hydrogen-bond acceptors (Lipinski definition) is 5. The molecule has 1 aliphatic rings. The highest BCUT2D eigenvalue weighted by molar-refractivity contribution is 5.67. The molecule has 0 radical (unpaired) electrons. The summed E-state index contributed by atoms with van der Waals surface area (Å²) in [4.78, 5) is 17.8. The number of aryl methyl sites for hydroxylation is 1. The van der Waals surface area contributed by atoms with Crippen LogP contribution in [0.25, 0.3) is 0 Å². The van der Waals surface area contributed by atoms with Crippen LogP contribution in [0.5, 0.6) is 0 Å². The minimum atomic E-state index is -0.217. The number of likely N-dealkylation sites (tertiary alicyclic amines) is 1. The Labute approximate surface area is 141 Å². The number of carbonyl (C=O) groups is 1. The molecule has 0 saturated carbocycles. The van der Waals surface area contributed by atoms with Gasteiger partial charge < -0.3 is 18.8 Å². The topological polar surface area (TPSA) is 78.1 Å². The summed E-state index contributed by atoms with van der Waals surface area (Å²) < 4.78 is 9.19. The second-order valence-corrected chi connectivity index (χ2v) is 6.10. The Morgan fingerprint density at radius 1 is 1.33 bits per heavy atom. The van der Waals surface area contributed by atoms with E-state index in [0.717, 1.165) is 30.3 Å². The Hall–Kier alpha value is -2.38. The van der Waals surface area contributed by atoms with Gasteiger partial charge in [-0.2, -0.15) is 0 Å². The van der Waals surface area contributed by atoms with Gasteiger partial charge in [0.15, 0.2) is 5.82 Å². The number of aromatic nitrogens is 5. The van der Waals surface area contributed by atoms with Crippen LogP contribution in [0.4, 0.5) is 4.79 Å². The zero-order valence-corrected chi connectivity index (χ0v) is 14.5. The number of nitrogens with zero attached hydrogens (tertiary/aromatic N) is 6. The fraction of sp³-hybridized carbons (Fsp3) is 0.625. The third-order valence-electron chi connectivity index (χ3n) is 4.62. The molecule has 2 aromatic rings. The molecule has 3 heterocycles. The van der Waals surface area contributed by atoms with Gasteiger partial charge in [0, 0.05) is 38.4 Å². The largest absolute Gasteiger partial charge is 0.450 e. The highest BCUT2D eigenvalue weighted by atomic mass is 16.6. The van der Waals surface area contributed by atoms with Crippen LogP contribution in [-0.4, -0.2) is 55.0 Å². The maximum atomic E-state index is 11.8. The van der Waals surface area contributed by atoms with Crippen LogP contribution in [-0.2, 0) is 18.3 Å². The van der Waals surface area contributed by atoms with Crippen molar-refractivity contribution in [3.8, 4) is 0 Å². The van der Waals surface area contributed by atoms with E-state index in [-0.39, 0.29) is 6.09 Å². The van der Waals surface area contributed by atoms with Crippen molar-refractivity contribution in [3.63, 3.8) is 0 Å². The molecule has 130 valence electrons. The second-order valence-electron chi connectivity index (χ2n) is 6.10. The average molecular weight is 332 g/mol. The fourth-order valence-corrected chi connectivity index (χ4v) is 3.13. The number of rotatable bonds is 4. The lowest BCUT2D eigenvalue weighted by Gasteiger charge is -2.30. The SMILES string of the molecule is CCOC(=O)N1CCC(c2nnc(Cn3ccnc3C)n2C)CC1. The van der Waals surface area contributed by atoms with Crippen molar-refractivity contribution in [2.24, 2.45) is 7.05 Å². The molecule has 1 fully saturated rings. The van der Waals surface area contributed by atoms with Crippen molar-refractivity contribution in [3.05, 3.63) is 29.9 Å². The summed E-state index contributed by atoms with van der Waals surface area (Å²) >= 11 is 0. The van der Waals surface area contributed by atoms with Gasteiger partial charge in [-0.15, -0.1) is 10.2 Å². The predicted molar refractivity (Wildman–Crippen MR) is 87.6 cm³/mol. The van der Waals surface area contributed by atoms with Gasteiger partial charge in [0.25, 0.3) is 0 Å². The Morgan fingerprint density at radius 2 is 2.08 bits per heavy atom. The lowest BCUT2D eigenvalue weighted by atomic mass is 9.96. The molecule has 0 aromatic carbocycles. The molecule has 2 aromatic heterocycles. The van der Waals surface area contributed by atoms with Crippen LogP contribution in [0.2, 0.25) is 0 Å². The van der Waals surface area contributed by atoms with E-state index in [1.807, 2.05) is 27.1 Å². The van der Waals surface area contributed by atoms with Gasteiger partial charge in [-0.1, -0.05) is 0 Å². The van der Waals surface area contributed by atoms with E-state index in [2.05, 4.69) is 24.3 Å². The van der Waals surface area contributed by atoms with Crippen molar-refractivity contribution in [1.29, 1.82) is 0 Å². The summed E-state index contributed by atoms with van der Waals surface area (Å²) in [6.45, 7) is 6.28. The molecule has 24 heavy (non-hydrogen) atoms. The Bertz CT molecular complexity index is 699. The monoisotopic (exact) mass is 332 g/mol. The molecule has 3 rings (SSSR count). The quantitative estimate of drug-likeness (QED) is 0.851. The minimum Gasteiger partial charge on any atom is -0.450 e. The molecule has 8 nitrogen and oxygen atoms in total. The van der Waals surface area contributed by atoms with Crippen molar-refractivity contribution in [1.82, 2.24) is 29.2 Å². The van der Waals surface area contributed by atoms with Crippen LogP contribution < -0.4 is 0 Å². The minimum absolute atomic E-state index is 0.217. The molecule has 1 amide bonds. The smallest absolute Gasteiger partial charge is 0.409 e. The first-order valence-electron chi connectivity index (χ1n) is 8.37. The number of carbonyl (C=O) groups excluding carboxylic acids is 1. The lowest BCUT2D eigenvalue weighted by molar-refractivity contribution is 0.0964. The summed E-state index contributed by atoms with van der Waals surface area (Å²) in [5.74, 6) is 3.19. The van der Waals surface area contributed by atoms with E-state index in [4.69, 9.17) is 4.74 Å². The number of hydrogen-bond donors (Lipinski definition) is 0. The molecule has 1 saturated heterocycles. The lowest BCUT2D eigenvalue weighted by Crippen LogP contribution is -2.38. The normalized spacial score (nSPS) is 15.7. The average Bonchev–Trinajstić information content (AvgIpc) is 3.15. The molecule has 0 aliphatic carbocycles. The zero-order chi connectivity index (χ0) is 17.1. The molecular weight excluding hydrogens is 308 g/mol. The van der Waals surface area contributed by atoms with Gasteiger partial charge in [0.1, 0.15) is 11.6 Å². The Kier molecular flexibility index (Phi) is 4.82. The molecular formula is C16H24N6O2. The van der Waals surface area contributed by atoms with Gasteiger partial charge in [0.05, 0.1) is 13.2 Å². The first-order chi connectivity index (χ1) is 11.6. The Balaban J connectivity index is 1.64. The summed E-state index contributed by atoms with van der Waals surface area (Å²) in [5, 5.41) is 8.75. The van der Waals surface area contributed by atoms with E-state index in [9.17, 15) is 4.79 Å². The van der Waals surface area contributed by atoms with Crippen LogP contribution in [0.1, 0.15) is 43.2 Å². The summed E-state index contributed by atoms with van der Waals surface area (Å²) in [6.07, 6.45) is 5.29. The highest BCUT2D eigenvalue weighted by Crippen LogP contribution is 2.27. The summed E-state index contributed by atoms with van der Waals surface area (Å²) in [7, 11) is 2.01. The fourth-order valence-electron chi connectivity index (χ4n) is 3.13. The van der Waals surface area contributed by atoms with Gasteiger partial charge in [0.2, 0.25) is 0 Å². The molecule has 1 aliphatic heterocycles. The molecule has 0 N–H and O–H groups in total. The van der Waals surface area contributed by atoms with Gasteiger partial charge in [-0.05, 0) is 26.7 Å². The van der Waals surface area contributed by atoms with Crippen LogP contribution in [0.3, 0.4) is 0 Å². The summed E-state index contributed by atoms with van der Waals surface area (Å²) in [5.41, 5.74) is 0. The van der Waals surface area contributed by atoms with Gasteiger partial charge >= 0.3 is 6.09 Å². The molecule has 0 unspecified atom stereocenters. The standard InChI is InChI=1S/C16H24N6O2/c1-4-24-16(23)21-8-5-13(6-9-21)15-19-18-14(20(15)3)11-22-10-7-17-12(22)2/h7,10,13H,4-6,8-9,11H2,1-3H3. The number of ether oxygens (including phenoxy) is 1. The maximum absolute atomic E-state index is 11.8. The summed E-state index contributed by atoms with van der Waals surface area (Å²) in [6, 6.07) is 0. The zero-order valence-electron chi connectivity index (χ0n) is 14.5. The van der Waals surface area contributed by atoms with E-state index < -0.39 is 0 Å². The first-order valence-corrected chi connectivity index (χ1v) is 8.37. The van der Waals surface area contributed by atoms with Crippen LogP contribution in [0.15, 0.2) is 12.4 Å². The van der Waals surface area contributed by atoms with E-state index in [1.165, 1.54) is 0 Å². The molecule has 0 atom stereocenters. The van der Waals surface area contributed by atoms with E-state index in [0.29, 0.717) is 32.2 Å². The second kappa shape index (κ2) is 7.02. The molecule has 0 spiro atoms. The predicted octanol–water partition coefficient (Wildman–Crippen LogP) is 1.70. The maximum Gasteiger partial charge on any atom is 0.409 e. The number of imidazole rings is 1. The van der Waals surface area contributed by atoms with E-state index in [1.54, 1.807) is 11.1 Å². The molecule has 0 bridgehead atoms. The van der Waals surface area contributed by atoms with Gasteiger partial charge in [-0.25, -0.2) is 9.78 Å². The van der Waals surface area contributed by atoms with Crippen molar-refractivity contribution in [2.75, 3.05) is 19.7 Å². The number of amides is 1. The Morgan fingerprint density at radius 3 is 2.71 bits per heavy atom. The van der Waals surface area contributed by atoms with Crippen molar-refractivity contribution in [2.45, 2.75) is 39.2 Å². The van der Waals surface area contributed by atoms with Crippen LogP contribution in [0, 0.1) is 6.92 Å². The van der Waals surface area contributed by atoms with Crippen molar-refractivity contribution < 1.29 is 9.53 Å². The number of piperidine rings is 1. The van der Waals surface area contributed by atoms with Crippen molar-refractivity contribution >= 4 is 6.09 Å². The highest BCUT2D eigenvalue weighted by Gasteiger charge is 2.27. The first kappa shape index (κ1) is 16.5. The molecule has 8 heteroatoms. The van der Waals surface area contributed by atoms with Gasteiger partial charge in [-0.3, -0.25) is 0 Å².